The van der Waals surface area contributed by atoms with Gasteiger partial charge in [-0.25, -0.2) is 4.98 Å². The number of hydrogen-bond acceptors (Lipinski definition) is 2. The molecular formula is C22H14Br2N2O. The average molecular weight is 482 g/mol. The molecule has 3 nitrogen and oxygen atoms in total. The fourth-order valence-corrected chi connectivity index (χ4v) is 3.37. The van der Waals surface area contributed by atoms with Gasteiger partial charge in [0.1, 0.15) is 5.82 Å². The number of halogens is 2. The average Bonchev–Trinajstić information content (AvgIpc) is 2.69. The topological polar surface area (TPSA) is 34.9 Å². The van der Waals surface area contributed by atoms with Gasteiger partial charge in [-0.15, -0.1) is 0 Å². The zero-order valence-corrected chi connectivity index (χ0v) is 17.3. The molecule has 0 aliphatic heterocycles. The van der Waals surface area contributed by atoms with E-state index in [0.717, 1.165) is 20.2 Å². The Labute approximate surface area is 173 Å². The van der Waals surface area contributed by atoms with E-state index in [2.05, 4.69) is 31.9 Å². The van der Waals surface area contributed by atoms with Crippen molar-refractivity contribution in [3.05, 3.63) is 103 Å². The highest BCUT2D eigenvalue weighted by molar-refractivity contribution is 9.10. The first kappa shape index (κ1) is 17.9. The highest BCUT2D eigenvalue weighted by Crippen LogP contribution is 2.18. The number of hydrogen-bond donors (Lipinski definition) is 0. The number of rotatable bonds is 3. The van der Waals surface area contributed by atoms with Crippen molar-refractivity contribution in [3.8, 4) is 5.69 Å². The maximum atomic E-state index is 13.2. The van der Waals surface area contributed by atoms with Crippen LogP contribution >= 0.6 is 31.9 Å². The summed E-state index contributed by atoms with van der Waals surface area (Å²) in [7, 11) is 0. The highest BCUT2D eigenvalue weighted by atomic mass is 79.9. The molecule has 0 fully saturated rings. The second-order valence-corrected chi connectivity index (χ2v) is 7.82. The molecule has 0 unspecified atom stereocenters. The summed E-state index contributed by atoms with van der Waals surface area (Å²) < 4.78 is 3.62. The maximum absolute atomic E-state index is 13.2. The molecule has 5 heteroatoms. The summed E-state index contributed by atoms with van der Waals surface area (Å²) in [5, 5.41) is 0.598. The van der Waals surface area contributed by atoms with E-state index in [-0.39, 0.29) is 5.56 Å². The van der Waals surface area contributed by atoms with E-state index in [9.17, 15) is 4.79 Å². The summed E-state index contributed by atoms with van der Waals surface area (Å²) in [6.45, 7) is 0. The van der Waals surface area contributed by atoms with Crippen LogP contribution in [0.1, 0.15) is 11.4 Å². The number of fused-ring (bicyclic) bond motifs is 1. The minimum absolute atomic E-state index is 0.0848. The first-order valence-corrected chi connectivity index (χ1v) is 9.92. The summed E-state index contributed by atoms with van der Waals surface area (Å²) in [4.78, 5) is 17.9. The van der Waals surface area contributed by atoms with Crippen LogP contribution in [0.3, 0.4) is 0 Å². The lowest BCUT2D eigenvalue weighted by Gasteiger charge is -2.11. The normalized spacial score (nSPS) is 11.3. The quantitative estimate of drug-likeness (QED) is 0.355. The van der Waals surface area contributed by atoms with Crippen LogP contribution in [-0.2, 0) is 0 Å². The van der Waals surface area contributed by atoms with Crippen molar-refractivity contribution in [1.82, 2.24) is 9.55 Å². The molecule has 0 amide bonds. The highest BCUT2D eigenvalue weighted by Gasteiger charge is 2.10. The van der Waals surface area contributed by atoms with E-state index in [1.54, 1.807) is 4.57 Å². The molecule has 0 radical (unpaired) electrons. The summed E-state index contributed by atoms with van der Waals surface area (Å²) in [5.41, 5.74) is 2.41. The van der Waals surface area contributed by atoms with Crippen LogP contribution in [0, 0.1) is 0 Å². The molecule has 0 aliphatic rings. The Bertz CT molecular complexity index is 1190. The molecule has 4 aromatic rings. The van der Waals surface area contributed by atoms with Crippen molar-refractivity contribution in [3.63, 3.8) is 0 Å². The number of para-hydroxylation sites is 1. The van der Waals surface area contributed by atoms with Crippen LogP contribution in [0.15, 0.2) is 86.5 Å². The Balaban J connectivity index is 1.92. The predicted molar refractivity (Wildman–Crippen MR) is 118 cm³/mol. The lowest BCUT2D eigenvalue weighted by atomic mass is 10.2. The minimum Gasteiger partial charge on any atom is -0.268 e. The molecule has 1 aromatic heterocycles. The standard InChI is InChI=1S/C22H14Br2N2O/c23-16-8-5-15(6-9-16)7-14-21-25-20-4-2-1-3-19(20)22(27)26(21)18-12-10-17(24)11-13-18/h1-14H. The summed E-state index contributed by atoms with van der Waals surface area (Å²) in [6.07, 6.45) is 3.83. The van der Waals surface area contributed by atoms with Crippen LogP contribution in [0.2, 0.25) is 0 Å². The largest absolute Gasteiger partial charge is 0.268 e. The van der Waals surface area contributed by atoms with Crippen LogP contribution in [0.25, 0.3) is 28.7 Å². The van der Waals surface area contributed by atoms with Gasteiger partial charge in [-0.05, 0) is 60.2 Å². The summed E-state index contributed by atoms with van der Waals surface area (Å²) >= 11 is 6.88. The molecule has 0 spiro atoms. The number of benzene rings is 3. The van der Waals surface area contributed by atoms with Crippen molar-refractivity contribution >= 4 is 54.9 Å². The molecule has 0 N–H and O–H groups in total. The van der Waals surface area contributed by atoms with Gasteiger partial charge in [0.2, 0.25) is 0 Å². The van der Waals surface area contributed by atoms with E-state index < -0.39 is 0 Å². The second kappa shape index (κ2) is 7.62. The Morgan fingerprint density at radius 1 is 0.778 bits per heavy atom. The Morgan fingerprint density at radius 3 is 2.11 bits per heavy atom. The van der Waals surface area contributed by atoms with E-state index in [0.29, 0.717) is 16.7 Å². The van der Waals surface area contributed by atoms with Gasteiger partial charge in [0, 0.05) is 8.95 Å². The molecule has 0 saturated carbocycles. The van der Waals surface area contributed by atoms with Crippen LogP contribution in [0.4, 0.5) is 0 Å². The molecule has 0 saturated heterocycles. The maximum Gasteiger partial charge on any atom is 0.266 e. The van der Waals surface area contributed by atoms with Crippen molar-refractivity contribution < 1.29 is 0 Å². The first-order chi connectivity index (χ1) is 13.1. The van der Waals surface area contributed by atoms with Gasteiger partial charge in [-0.2, -0.15) is 0 Å². The van der Waals surface area contributed by atoms with Crippen molar-refractivity contribution in [2.24, 2.45) is 0 Å². The van der Waals surface area contributed by atoms with Crippen molar-refractivity contribution in [2.75, 3.05) is 0 Å². The van der Waals surface area contributed by atoms with Crippen molar-refractivity contribution in [1.29, 1.82) is 0 Å². The van der Waals surface area contributed by atoms with Gasteiger partial charge in [0.15, 0.2) is 0 Å². The fourth-order valence-electron chi connectivity index (χ4n) is 2.85. The Kier molecular flexibility index (Phi) is 5.05. The molecule has 4 rings (SSSR count). The first-order valence-electron chi connectivity index (χ1n) is 8.33. The Hall–Kier alpha value is -2.50. The van der Waals surface area contributed by atoms with Crippen LogP contribution in [-0.4, -0.2) is 9.55 Å². The number of aromatic nitrogens is 2. The van der Waals surface area contributed by atoms with Gasteiger partial charge in [-0.1, -0.05) is 62.2 Å². The summed E-state index contributed by atoms with van der Waals surface area (Å²) in [5.74, 6) is 0.587. The summed E-state index contributed by atoms with van der Waals surface area (Å²) in [6, 6.07) is 23.0. The third-order valence-electron chi connectivity index (χ3n) is 4.18. The van der Waals surface area contributed by atoms with E-state index in [1.165, 1.54) is 0 Å². The van der Waals surface area contributed by atoms with E-state index in [1.807, 2.05) is 84.9 Å². The van der Waals surface area contributed by atoms with E-state index >= 15 is 0 Å². The minimum atomic E-state index is -0.0848. The second-order valence-electron chi connectivity index (χ2n) is 5.99. The smallest absolute Gasteiger partial charge is 0.266 e. The van der Waals surface area contributed by atoms with Crippen LogP contribution < -0.4 is 5.56 Å². The predicted octanol–water partition coefficient (Wildman–Crippen LogP) is 6.08. The van der Waals surface area contributed by atoms with Gasteiger partial charge in [0.25, 0.3) is 5.56 Å². The molecule has 132 valence electrons. The van der Waals surface area contributed by atoms with Gasteiger partial charge in [0.05, 0.1) is 16.6 Å². The molecule has 0 atom stereocenters. The lowest BCUT2D eigenvalue weighted by molar-refractivity contribution is 0.943. The third-order valence-corrected chi connectivity index (χ3v) is 5.24. The Morgan fingerprint density at radius 2 is 1.41 bits per heavy atom. The molecule has 1 heterocycles. The molecular weight excluding hydrogens is 468 g/mol. The van der Waals surface area contributed by atoms with Crippen LogP contribution in [0.5, 0.6) is 0 Å². The fraction of sp³-hybridized carbons (Fsp3) is 0. The van der Waals surface area contributed by atoms with Gasteiger partial charge < -0.3 is 0 Å². The molecule has 0 bridgehead atoms. The monoisotopic (exact) mass is 480 g/mol. The van der Waals surface area contributed by atoms with E-state index in [4.69, 9.17) is 4.98 Å². The molecule has 0 aliphatic carbocycles. The third kappa shape index (κ3) is 3.80. The number of nitrogens with zero attached hydrogens (tertiary/aromatic N) is 2. The lowest BCUT2D eigenvalue weighted by Crippen LogP contribution is -2.22. The molecule has 3 aromatic carbocycles. The SMILES string of the molecule is O=c1c2ccccc2nc(C=Cc2ccc(Br)cc2)n1-c1ccc(Br)cc1. The zero-order chi connectivity index (χ0) is 18.8. The van der Waals surface area contributed by atoms with Gasteiger partial charge >= 0.3 is 0 Å². The molecule has 27 heavy (non-hydrogen) atoms. The van der Waals surface area contributed by atoms with Gasteiger partial charge in [-0.3, -0.25) is 9.36 Å². The zero-order valence-electron chi connectivity index (χ0n) is 14.1. The van der Waals surface area contributed by atoms with Crippen molar-refractivity contribution in [2.45, 2.75) is 0 Å².